The van der Waals surface area contributed by atoms with E-state index in [0.29, 0.717) is 23.1 Å². The molecule has 0 aliphatic rings. The van der Waals surface area contributed by atoms with Crippen LogP contribution in [0.5, 0.6) is 5.75 Å². The number of carboxylic acid groups (broad SMARTS) is 1. The number of hydrogen-bond acceptors (Lipinski definition) is 6. The van der Waals surface area contributed by atoms with E-state index >= 15 is 0 Å². The third-order valence-electron chi connectivity index (χ3n) is 9.74. The van der Waals surface area contributed by atoms with E-state index in [2.05, 4.69) is 19.1 Å². The summed E-state index contributed by atoms with van der Waals surface area (Å²) in [6.07, 6.45) is 18.0. The summed E-state index contributed by atoms with van der Waals surface area (Å²) >= 11 is 0. The predicted molar refractivity (Wildman–Crippen MR) is 208 cm³/mol. The number of benzene rings is 3. The molecular weight excluding hydrogens is 626 g/mol. The van der Waals surface area contributed by atoms with Gasteiger partial charge in [0.05, 0.1) is 6.61 Å². The van der Waals surface area contributed by atoms with Gasteiger partial charge in [-0.2, -0.15) is 0 Å². The molecule has 0 unspecified atom stereocenters. The third kappa shape index (κ3) is 12.6. The highest BCUT2D eigenvalue weighted by Crippen LogP contribution is 2.44. The molecule has 0 atom stereocenters. The summed E-state index contributed by atoms with van der Waals surface area (Å²) in [6, 6.07) is 11.5. The van der Waals surface area contributed by atoms with Crippen molar-refractivity contribution in [2.45, 2.75) is 137 Å². The zero-order chi connectivity index (χ0) is 36.6. The molecular formula is C41H60B2O7. The van der Waals surface area contributed by atoms with Crippen LogP contribution in [0.1, 0.15) is 131 Å². The van der Waals surface area contributed by atoms with Crippen molar-refractivity contribution >= 4 is 31.1 Å². The van der Waals surface area contributed by atoms with Gasteiger partial charge < -0.3 is 29.9 Å². The fourth-order valence-electron chi connectivity index (χ4n) is 7.25. The maximum atomic E-state index is 11.3. The summed E-state index contributed by atoms with van der Waals surface area (Å²) in [4.78, 5) is 11.3. The minimum atomic E-state index is -1.59. The number of ether oxygens (including phenoxy) is 1. The summed E-state index contributed by atoms with van der Waals surface area (Å²) in [7, 11) is -3.17. The lowest BCUT2D eigenvalue weighted by Crippen LogP contribution is -2.30. The van der Waals surface area contributed by atoms with E-state index in [4.69, 9.17) is 4.74 Å². The summed E-state index contributed by atoms with van der Waals surface area (Å²) < 4.78 is 6.52. The molecule has 0 aliphatic heterocycles. The second-order valence-corrected chi connectivity index (χ2v) is 14.2. The maximum Gasteiger partial charge on any atom is 0.488 e. The molecule has 0 heterocycles. The molecule has 5 N–H and O–H groups in total. The molecule has 7 nitrogen and oxygen atoms in total. The van der Waals surface area contributed by atoms with Crippen molar-refractivity contribution in [3.63, 3.8) is 0 Å². The fourth-order valence-corrected chi connectivity index (χ4v) is 7.25. The van der Waals surface area contributed by atoms with Crippen LogP contribution >= 0.6 is 0 Å². The summed E-state index contributed by atoms with van der Waals surface area (Å²) in [5.74, 6) is -0.242. The molecule has 50 heavy (non-hydrogen) atoms. The number of aliphatic carboxylic acids is 1. The van der Waals surface area contributed by atoms with Crippen molar-refractivity contribution in [1.82, 2.24) is 0 Å². The van der Waals surface area contributed by atoms with Gasteiger partial charge in [0.1, 0.15) is 5.75 Å². The van der Waals surface area contributed by atoms with Crippen LogP contribution in [0.15, 0.2) is 36.4 Å². The summed E-state index contributed by atoms with van der Waals surface area (Å²) in [5, 5.41) is 49.0. The van der Waals surface area contributed by atoms with Gasteiger partial charge in [0.15, 0.2) is 0 Å². The Morgan fingerprint density at radius 3 is 1.32 bits per heavy atom. The number of unbranched alkanes of at least 4 members (excludes halogenated alkanes) is 12. The van der Waals surface area contributed by atoms with Gasteiger partial charge in [0.2, 0.25) is 0 Å². The van der Waals surface area contributed by atoms with Gasteiger partial charge >= 0.3 is 20.2 Å². The molecule has 0 saturated heterocycles. The number of aryl methyl sites for hydroxylation is 5. The minimum Gasteiger partial charge on any atom is -0.492 e. The smallest absolute Gasteiger partial charge is 0.488 e. The van der Waals surface area contributed by atoms with Crippen LogP contribution in [0.4, 0.5) is 0 Å². The van der Waals surface area contributed by atoms with Gasteiger partial charge in [0.25, 0.3) is 0 Å². The largest absolute Gasteiger partial charge is 0.492 e. The Labute approximate surface area is 301 Å². The van der Waals surface area contributed by atoms with Crippen molar-refractivity contribution in [1.29, 1.82) is 0 Å². The van der Waals surface area contributed by atoms with Crippen LogP contribution < -0.4 is 15.7 Å². The van der Waals surface area contributed by atoms with E-state index in [0.717, 1.165) is 69.3 Å². The van der Waals surface area contributed by atoms with Crippen LogP contribution in [0, 0.1) is 27.7 Å². The van der Waals surface area contributed by atoms with Crippen LogP contribution in [-0.2, 0) is 11.2 Å². The summed E-state index contributed by atoms with van der Waals surface area (Å²) in [6.45, 7) is 10.3. The van der Waals surface area contributed by atoms with E-state index in [1.54, 1.807) is 24.3 Å². The number of carbonyl (C=O) groups is 1. The first-order valence-corrected chi connectivity index (χ1v) is 18.9. The Bertz CT molecular complexity index is 1390. The number of hydrogen-bond donors (Lipinski definition) is 5. The number of carboxylic acids is 1. The Morgan fingerprint density at radius 1 is 0.580 bits per heavy atom. The lowest BCUT2D eigenvalue weighted by atomic mass is 9.76. The monoisotopic (exact) mass is 686 g/mol. The fraction of sp³-hybridized carbons (Fsp3) is 0.537. The maximum absolute atomic E-state index is 11.3. The molecule has 3 rings (SSSR count). The van der Waals surface area contributed by atoms with E-state index in [1.807, 2.05) is 27.7 Å². The summed E-state index contributed by atoms with van der Waals surface area (Å²) in [5.41, 5.74) is 9.12. The van der Waals surface area contributed by atoms with Gasteiger partial charge in [-0.15, -0.1) is 0 Å². The Hall–Kier alpha value is -3.10. The van der Waals surface area contributed by atoms with E-state index in [1.165, 1.54) is 70.6 Å². The van der Waals surface area contributed by atoms with Gasteiger partial charge in [-0.05, 0) is 109 Å². The molecule has 272 valence electrons. The first kappa shape index (κ1) is 41.3. The molecule has 0 spiro atoms. The average Bonchev–Trinajstić information content (AvgIpc) is 3.05. The van der Waals surface area contributed by atoms with Gasteiger partial charge in [-0.25, -0.2) is 0 Å². The second-order valence-electron chi connectivity index (χ2n) is 14.2. The Balaban J connectivity index is 1.93. The molecule has 0 aromatic heterocycles. The SMILES string of the molecule is CCCCCCCCCCCCCCCc1cc(-c2c(C)cc(B(O)O)cc2C)c(OCCCC(=O)O)c(-c2c(C)cc(B(O)O)cc2C)c1. The van der Waals surface area contributed by atoms with Crippen LogP contribution in [0.3, 0.4) is 0 Å². The number of rotatable bonds is 23. The van der Waals surface area contributed by atoms with E-state index in [-0.39, 0.29) is 13.0 Å². The average molecular weight is 687 g/mol. The first-order chi connectivity index (χ1) is 23.9. The molecule has 0 bridgehead atoms. The molecule has 0 aliphatic carbocycles. The van der Waals surface area contributed by atoms with Crippen molar-refractivity contribution in [3.05, 3.63) is 64.2 Å². The van der Waals surface area contributed by atoms with Crippen molar-refractivity contribution < 1.29 is 34.7 Å². The van der Waals surface area contributed by atoms with E-state index in [9.17, 15) is 30.0 Å². The molecule has 3 aromatic carbocycles. The van der Waals surface area contributed by atoms with Crippen LogP contribution in [0.25, 0.3) is 22.3 Å². The Morgan fingerprint density at radius 2 is 0.960 bits per heavy atom. The van der Waals surface area contributed by atoms with Crippen LogP contribution in [0.2, 0.25) is 0 Å². The van der Waals surface area contributed by atoms with Gasteiger partial charge in [-0.1, -0.05) is 108 Å². The molecule has 9 heteroatoms. The molecule has 0 radical (unpaired) electrons. The highest BCUT2D eigenvalue weighted by Gasteiger charge is 2.24. The second kappa shape index (κ2) is 21.3. The quantitative estimate of drug-likeness (QED) is 0.0517. The lowest BCUT2D eigenvalue weighted by Gasteiger charge is -2.23. The highest BCUT2D eigenvalue weighted by atomic mass is 16.5. The van der Waals surface area contributed by atoms with E-state index < -0.39 is 20.2 Å². The zero-order valence-corrected chi connectivity index (χ0v) is 31.2. The highest BCUT2D eigenvalue weighted by molar-refractivity contribution is 6.59. The van der Waals surface area contributed by atoms with Crippen molar-refractivity contribution in [2.24, 2.45) is 0 Å². The lowest BCUT2D eigenvalue weighted by molar-refractivity contribution is -0.137. The molecule has 0 saturated carbocycles. The predicted octanol–water partition coefficient (Wildman–Crippen LogP) is 7.49. The topological polar surface area (TPSA) is 127 Å². The molecule has 3 aromatic rings. The molecule has 0 amide bonds. The van der Waals surface area contributed by atoms with Crippen molar-refractivity contribution in [3.8, 4) is 28.0 Å². The Kier molecular flexibility index (Phi) is 17.6. The normalized spacial score (nSPS) is 11.2. The zero-order valence-electron chi connectivity index (χ0n) is 31.2. The van der Waals surface area contributed by atoms with Crippen molar-refractivity contribution in [2.75, 3.05) is 6.61 Å². The third-order valence-corrected chi connectivity index (χ3v) is 9.74. The first-order valence-electron chi connectivity index (χ1n) is 18.9. The molecule has 0 fully saturated rings. The van der Waals surface area contributed by atoms with Gasteiger partial charge in [0, 0.05) is 17.5 Å². The van der Waals surface area contributed by atoms with Crippen LogP contribution in [-0.4, -0.2) is 52.0 Å². The standard InChI is InChI=1S/C41H60B2O7/c1-6-7-8-9-10-11-12-13-14-15-16-17-18-20-33-27-36(39-29(2)23-34(42(46)47)24-30(39)3)41(50-22-19-21-38(44)45)37(28-33)40-31(4)25-35(43(48)49)26-32(40)5/h23-28,46-49H,6-22H2,1-5H3,(H,44,45). The minimum absolute atomic E-state index is 0.00984. The van der Waals surface area contributed by atoms with Gasteiger partial charge in [-0.3, -0.25) is 4.79 Å².